The van der Waals surface area contributed by atoms with Crippen LogP contribution in [0, 0.1) is 0 Å². The second-order valence-electron chi connectivity index (χ2n) is 5.52. The van der Waals surface area contributed by atoms with Crippen LogP contribution >= 0.6 is 23.2 Å². The molecule has 3 rings (SSSR count). The van der Waals surface area contributed by atoms with E-state index in [2.05, 4.69) is 10.3 Å². The van der Waals surface area contributed by atoms with Gasteiger partial charge in [0.15, 0.2) is 5.78 Å². The van der Waals surface area contributed by atoms with Crippen molar-refractivity contribution in [2.75, 3.05) is 0 Å². The maximum Gasteiger partial charge on any atom is 0.220 e. The number of fused-ring (bicyclic) bond motifs is 1. The topological polar surface area (TPSA) is 63.5 Å². The highest BCUT2D eigenvalue weighted by Crippen LogP contribution is 2.14. The fourth-order valence-electron chi connectivity index (χ4n) is 2.40. The molecule has 0 bridgehead atoms. The molecule has 7 heteroatoms. The minimum atomic E-state index is -0.203. The van der Waals surface area contributed by atoms with Crippen molar-refractivity contribution in [2.24, 2.45) is 0 Å². The number of nitrogens with zero attached hydrogens (tertiary/aromatic N) is 2. The third-order valence-corrected chi connectivity index (χ3v) is 4.26. The van der Waals surface area contributed by atoms with Gasteiger partial charge in [0.05, 0.1) is 12.2 Å². The predicted molar refractivity (Wildman–Crippen MR) is 97.1 cm³/mol. The van der Waals surface area contributed by atoms with Crippen LogP contribution in [0.3, 0.4) is 0 Å². The van der Waals surface area contributed by atoms with Crippen LogP contribution in [-0.4, -0.2) is 21.1 Å². The molecule has 0 aliphatic carbocycles. The van der Waals surface area contributed by atoms with Crippen molar-refractivity contribution in [1.29, 1.82) is 0 Å². The second kappa shape index (κ2) is 7.68. The summed E-state index contributed by atoms with van der Waals surface area (Å²) in [5.41, 5.74) is 1.97. The number of amides is 1. The molecule has 0 unspecified atom stereocenters. The second-order valence-corrected chi connectivity index (χ2v) is 6.34. The average Bonchev–Trinajstić information content (AvgIpc) is 3.03. The standard InChI is InChI=1S/C18H15Cl2N3O2/c19-13-6-4-12(5-7-13)15(24)8-9-18(25)21-10-14-11-23-16(20)2-1-3-17(23)22-14/h1-7,11H,8-10H2,(H,21,25). The largest absolute Gasteiger partial charge is 0.350 e. The lowest BCUT2D eigenvalue weighted by Crippen LogP contribution is -2.23. The lowest BCUT2D eigenvalue weighted by Gasteiger charge is -2.03. The Kier molecular flexibility index (Phi) is 5.36. The van der Waals surface area contributed by atoms with Crippen LogP contribution in [0.1, 0.15) is 28.9 Å². The Morgan fingerprint density at radius 3 is 2.52 bits per heavy atom. The van der Waals surface area contributed by atoms with Gasteiger partial charge >= 0.3 is 0 Å². The molecule has 0 aliphatic rings. The number of ketones is 1. The highest BCUT2D eigenvalue weighted by Gasteiger charge is 2.10. The van der Waals surface area contributed by atoms with E-state index in [0.717, 1.165) is 5.65 Å². The number of aromatic nitrogens is 2. The summed E-state index contributed by atoms with van der Waals surface area (Å²) in [6, 6.07) is 12.0. The molecule has 1 aromatic carbocycles. The van der Waals surface area contributed by atoms with Gasteiger partial charge in [0.2, 0.25) is 5.91 Å². The molecule has 25 heavy (non-hydrogen) atoms. The quantitative estimate of drug-likeness (QED) is 0.524. The minimum absolute atomic E-state index is 0.0914. The zero-order valence-electron chi connectivity index (χ0n) is 13.2. The van der Waals surface area contributed by atoms with E-state index in [1.54, 1.807) is 40.9 Å². The van der Waals surface area contributed by atoms with Crippen LogP contribution in [0.25, 0.3) is 5.65 Å². The summed E-state index contributed by atoms with van der Waals surface area (Å²) in [5.74, 6) is -0.295. The third kappa shape index (κ3) is 4.38. The fourth-order valence-corrected chi connectivity index (χ4v) is 2.73. The zero-order valence-corrected chi connectivity index (χ0v) is 14.7. The summed E-state index contributed by atoms with van der Waals surface area (Å²) in [4.78, 5) is 28.4. The predicted octanol–water partition coefficient (Wildman–Crippen LogP) is 3.92. The van der Waals surface area contributed by atoms with Gasteiger partial charge in [-0.05, 0) is 36.4 Å². The molecule has 2 aromatic heterocycles. The van der Waals surface area contributed by atoms with E-state index in [1.807, 2.05) is 12.1 Å². The number of halogens is 2. The normalized spacial score (nSPS) is 10.8. The summed E-state index contributed by atoms with van der Waals surface area (Å²) in [6.45, 7) is 0.284. The highest BCUT2D eigenvalue weighted by atomic mass is 35.5. The zero-order chi connectivity index (χ0) is 17.8. The van der Waals surface area contributed by atoms with Gasteiger partial charge in [0.25, 0.3) is 0 Å². The van der Waals surface area contributed by atoms with Gasteiger partial charge in [-0.3, -0.25) is 14.0 Å². The van der Waals surface area contributed by atoms with Crippen molar-refractivity contribution < 1.29 is 9.59 Å². The van der Waals surface area contributed by atoms with Crippen molar-refractivity contribution >= 4 is 40.5 Å². The first-order valence-electron chi connectivity index (χ1n) is 7.71. The highest BCUT2D eigenvalue weighted by molar-refractivity contribution is 6.30. The molecule has 128 valence electrons. The number of benzene rings is 1. The third-order valence-electron chi connectivity index (χ3n) is 3.70. The SMILES string of the molecule is O=C(CCC(=O)c1ccc(Cl)cc1)NCc1cn2c(Cl)cccc2n1. The summed E-state index contributed by atoms with van der Waals surface area (Å²) in [5, 5.41) is 3.89. The van der Waals surface area contributed by atoms with Crippen molar-refractivity contribution in [2.45, 2.75) is 19.4 Å². The van der Waals surface area contributed by atoms with Crippen LogP contribution in [-0.2, 0) is 11.3 Å². The average molecular weight is 376 g/mol. The van der Waals surface area contributed by atoms with Crippen molar-refractivity contribution in [3.63, 3.8) is 0 Å². The van der Waals surface area contributed by atoms with E-state index in [4.69, 9.17) is 23.2 Å². The first kappa shape index (κ1) is 17.5. The molecule has 5 nitrogen and oxygen atoms in total. The van der Waals surface area contributed by atoms with Gasteiger partial charge in [-0.15, -0.1) is 0 Å². The monoisotopic (exact) mass is 375 g/mol. The molecular weight excluding hydrogens is 361 g/mol. The fraction of sp³-hybridized carbons (Fsp3) is 0.167. The number of hydrogen-bond acceptors (Lipinski definition) is 3. The van der Waals surface area contributed by atoms with E-state index in [-0.39, 0.29) is 31.1 Å². The van der Waals surface area contributed by atoms with Gasteiger partial charge in [0, 0.05) is 29.6 Å². The Balaban J connectivity index is 1.51. The Hall–Kier alpha value is -2.37. The number of nitrogens with one attached hydrogen (secondary N) is 1. The maximum atomic E-state index is 12.0. The van der Waals surface area contributed by atoms with E-state index in [1.165, 1.54) is 0 Å². The van der Waals surface area contributed by atoms with Crippen LogP contribution in [0.2, 0.25) is 10.2 Å². The summed E-state index contributed by atoms with van der Waals surface area (Å²) in [7, 11) is 0. The number of pyridine rings is 1. The molecule has 0 radical (unpaired) electrons. The Morgan fingerprint density at radius 2 is 1.80 bits per heavy atom. The van der Waals surface area contributed by atoms with Crippen LogP contribution < -0.4 is 5.32 Å². The van der Waals surface area contributed by atoms with Gasteiger partial charge < -0.3 is 5.32 Å². The molecule has 0 aliphatic heterocycles. The number of carbonyl (C=O) groups is 2. The molecule has 0 fully saturated rings. The van der Waals surface area contributed by atoms with Gasteiger partial charge in [0.1, 0.15) is 10.8 Å². The molecule has 0 spiro atoms. The Labute approximate surface area is 154 Å². The van der Waals surface area contributed by atoms with Crippen LogP contribution in [0.5, 0.6) is 0 Å². The Bertz CT molecular complexity index is 920. The van der Waals surface area contributed by atoms with Crippen LogP contribution in [0.4, 0.5) is 0 Å². The number of imidazole rings is 1. The van der Waals surface area contributed by atoms with Crippen molar-refractivity contribution in [1.82, 2.24) is 14.7 Å². The lowest BCUT2D eigenvalue weighted by atomic mass is 10.1. The minimum Gasteiger partial charge on any atom is -0.350 e. The van der Waals surface area contributed by atoms with E-state index in [0.29, 0.717) is 21.4 Å². The maximum absolute atomic E-state index is 12.0. The van der Waals surface area contributed by atoms with E-state index in [9.17, 15) is 9.59 Å². The van der Waals surface area contributed by atoms with Gasteiger partial charge in [-0.1, -0.05) is 29.3 Å². The summed E-state index contributed by atoms with van der Waals surface area (Å²) in [6.07, 6.45) is 2.04. The number of Topliss-reactive ketones (excluding diaryl/α,β-unsaturated/α-hetero) is 1. The number of rotatable bonds is 6. The van der Waals surface area contributed by atoms with E-state index < -0.39 is 0 Å². The van der Waals surface area contributed by atoms with Crippen molar-refractivity contribution in [3.8, 4) is 0 Å². The molecule has 0 saturated heterocycles. The first-order chi connectivity index (χ1) is 12.0. The molecule has 0 saturated carbocycles. The molecule has 1 N–H and O–H groups in total. The molecule has 0 atom stereocenters. The van der Waals surface area contributed by atoms with Crippen molar-refractivity contribution in [3.05, 3.63) is 70.1 Å². The summed E-state index contributed by atoms with van der Waals surface area (Å²) >= 11 is 11.9. The molecule has 1 amide bonds. The summed E-state index contributed by atoms with van der Waals surface area (Å²) < 4.78 is 1.74. The molecule has 2 heterocycles. The lowest BCUT2D eigenvalue weighted by molar-refractivity contribution is -0.121. The van der Waals surface area contributed by atoms with Gasteiger partial charge in [-0.2, -0.15) is 0 Å². The first-order valence-corrected chi connectivity index (χ1v) is 8.46. The molecular formula is C18H15Cl2N3O2. The molecule has 3 aromatic rings. The smallest absolute Gasteiger partial charge is 0.220 e. The number of carbonyl (C=O) groups excluding carboxylic acids is 2. The van der Waals surface area contributed by atoms with E-state index >= 15 is 0 Å². The van der Waals surface area contributed by atoms with Gasteiger partial charge in [-0.25, -0.2) is 4.98 Å². The Morgan fingerprint density at radius 1 is 1.04 bits per heavy atom. The van der Waals surface area contributed by atoms with Crippen LogP contribution in [0.15, 0.2) is 48.7 Å². The number of hydrogen-bond donors (Lipinski definition) is 1.